The van der Waals surface area contributed by atoms with Crippen LogP contribution in [0.1, 0.15) is 32.9 Å². The van der Waals surface area contributed by atoms with Crippen molar-refractivity contribution >= 4 is 45.6 Å². The number of rotatable bonds is 4. The van der Waals surface area contributed by atoms with Crippen LogP contribution in [0.4, 0.5) is 0 Å². The number of fused-ring (bicyclic) bond motifs is 5. The number of hydrogen-bond donors (Lipinski definition) is 1. The molecule has 8 heteroatoms. The van der Waals surface area contributed by atoms with Crippen LogP contribution in [0.2, 0.25) is 0 Å². The smallest absolute Gasteiger partial charge is 0.254 e. The van der Waals surface area contributed by atoms with Crippen molar-refractivity contribution in [1.82, 2.24) is 19.8 Å². The number of piperazine rings is 1. The summed E-state index contributed by atoms with van der Waals surface area (Å²) in [5.41, 5.74) is 5.79. The molecule has 0 unspecified atom stereocenters. The Morgan fingerprint density at radius 1 is 1.08 bits per heavy atom. The number of carbonyl (C=O) groups excluding carboxylic acids is 2. The molecule has 4 aromatic rings. The number of aryl methyl sites for hydroxylation is 1. The van der Waals surface area contributed by atoms with Gasteiger partial charge in [0, 0.05) is 29.4 Å². The van der Waals surface area contributed by atoms with Crippen LogP contribution in [0.15, 0.2) is 48.7 Å². The van der Waals surface area contributed by atoms with Crippen LogP contribution in [0.25, 0.3) is 33.8 Å². The van der Waals surface area contributed by atoms with Gasteiger partial charge in [-0.15, -0.1) is 0 Å². The molecular weight excluding hydrogens is 589 g/mol. The van der Waals surface area contributed by atoms with E-state index in [2.05, 4.69) is 41.1 Å². The maximum Gasteiger partial charge on any atom is 0.254 e. The largest absolute Gasteiger partial charge is 1.00 e. The summed E-state index contributed by atoms with van der Waals surface area (Å²) in [7, 11) is 6.46. The second kappa shape index (κ2) is 10.1. The number of likely N-dealkylation sites (N-methyl/N-ethyl adjacent to an activating group) is 1. The summed E-state index contributed by atoms with van der Waals surface area (Å²) >= 11 is 0. The maximum atomic E-state index is 12.9. The molecule has 2 aliphatic heterocycles. The second-order valence-electron chi connectivity index (χ2n) is 10.9. The number of carbonyl (C=O) groups is 2. The number of pyridine rings is 1. The van der Waals surface area contributed by atoms with Crippen molar-refractivity contribution in [1.29, 1.82) is 0 Å². The van der Waals surface area contributed by atoms with Gasteiger partial charge in [-0.05, 0) is 23.3 Å². The highest BCUT2D eigenvalue weighted by Gasteiger charge is 2.28. The normalized spacial score (nSPS) is 16.6. The number of quaternary nitrogens is 1. The van der Waals surface area contributed by atoms with E-state index in [0.717, 1.165) is 80.4 Å². The van der Waals surface area contributed by atoms with Crippen molar-refractivity contribution in [2.24, 2.45) is 7.05 Å². The van der Waals surface area contributed by atoms with Gasteiger partial charge in [0.15, 0.2) is 0 Å². The summed E-state index contributed by atoms with van der Waals surface area (Å²) in [6, 6.07) is 14.3. The lowest BCUT2D eigenvalue weighted by Gasteiger charge is -2.39. The van der Waals surface area contributed by atoms with Crippen molar-refractivity contribution in [3.8, 4) is 0 Å². The highest BCUT2D eigenvalue weighted by Crippen LogP contribution is 2.34. The zero-order chi connectivity index (χ0) is 25.7. The average Bonchev–Trinajstić information content (AvgIpc) is 3.40. The summed E-state index contributed by atoms with van der Waals surface area (Å²) in [5.74, 6) is 0.194. The molecule has 1 fully saturated rings. The third kappa shape index (κ3) is 4.82. The maximum absolute atomic E-state index is 12.9. The van der Waals surface area contributed by atoms with Crippen LogP contribution >= 0.6 is 0 Å². The molecule has 2 aliphatic rings. The Morgan fingerprint density at radius 2 is 1.87 bits per heavy atom. The van der Waals surface area contributed by atoms with Gasteiger partial charge >= 0.3 is 0 Å². The number of halogens is 1. The van der Waals surface area contributed by atoms with Crippen LogP contribution in [0.5, 0.6) is 0 Å². The minimum atomic E-state index is -0.00391. The zero-order valence-electron chi connectivity index (χ0n) is 22.0. The number of benzene rings is 2. The first-order valence-electron chi connectivity index (χ1n) is 12.8. The summed E-state index contributed by atoms with van der Waals surface area (Å²) in [5, 5.41) is 6.04. The average molecular weight is 622 g/mol. The van der Waals surface area contributed by atoms with E-state index in [4.69, 9.17) is 0 Å². The first-order valence-corrected chi connectivity index (χ1v) is 12.8. The van der Waals surface area contributed by atoms with Crippen LogP contribution in [0, 0.1) is 0 Å². The van der Waals surface area contributed by atoms with Crippen molar-refractivity contribution < 1.29 is 38.0 Å². The fourth-order valence-corrected chi connectivity index (χ4v) is 5.57. The monoisotopic (exact) mass is 621 g/mol. The standard InChI is InChI=1S/C30H31N5O2.HI/c1-33-26-19-32-30(37)28(26)24-10-8-22-18-31-23(17-25(22)29(24)33)9-7-20-5-4-6-21(15-20)16-27(36)34-11-13-35(2,3)14-12-34;/h4-10,15,17-18H,11-14,16,19H2,1-3H3;1H. The minimum absolute atomic E-state index is 0. The fraction of sp³-hybridized carbons (Fsp3) is 0.300. The van der Waals surface area contributed by atoms with E-state index in [0.29, 0.717) is 13.0 Å². The van der Waals surface area contributed by atoms with Gasteiger partial charge in [0.25, 0.3) is 5.91 Å². The van der Waals surface area contributed by atoms with Gasteiger partial charge in [-0.25, -0.2) is 0 Å². The molecular formula is C30H32IN5O2. The lowest BCUT2D eigenvalue weighted by atomic mass is 10.0. The van der Waals surface area contributed by atoms with E-state index >= 15 is 0 Å². The molecule has 7 nitrogen and oxygen atoms in total. The summed E-state index contributed by atoms with van der Waals surface area (Å²) < 4.78 is 3.10. The highest BCUT2D eigenvalue weighted by molar-refractivity contribution is 6.17. The summed E-state index contributed by atoms with van der Waals surface area (Å²) in [4.78, 5) is 31.9. The molecule has 0 radical (unpaired) electrons. The Balaban J connectivity index is 0.00000294. The Hall–Kier alpha value is -3.24. The molecule has 38 heavy (non-hydrogen) atoms. The Morgan fingerprint density at radius 3 is 2.66 bits per heavy atom. The van der Waals surface area contributed by atoms with Gasteiger partial charge in [-0.3, -0.25) is 14.6 Å². The third-order valence-corrected chi connectivity index (χ3v) is 7.89. The van der Waals surface area contributed by atoms with Gasteiger partial charge in [-0.2, -0.15) is 0 Å². The van der Waals surface area contributed by atoms with Crippen LogP contribution in [-0.4, -0.2) is 71.0 Å². The zero-order valence-corrected chi connectivity index (χ0v) is 24.2. The van der Waals surface area contributed by atoms with Crippen LogP contribution < -0.4 is 29.3 Å². The van der Waals surface area contributed by atoms with Crippen molar-refractivity contribution in [3.05, 3.63) is 76.7 Å². The summed E-state index contributed by atoms with van der Waals surface area (Å²) in [6.45, 7) is 4.20. The number of hydrogen-bond acceptors (Lipinski definition) is 3. The van der Waals surface area contributed by atoms with Crippen LogP contribution in [-0.2, 0) is 24.8 Å². The van der Waals surface area contributed by atoms with E-state index in [9.17, 15) is 9.59 Å². The molecule has 2 aromatic heterocycles. The van der Waals surface area contributed by atoms with E-state index in [1.165, 1.54) is 0 Å². The van der Waals surface area contributed by atoms with E-state index in [1.54, 1.807) is 0 Å². The molecule has 0 spiro atoms. The number of amides is 2. The lowest BCUT2D eigenvalue weighted by molar-refractivity contribution is -0.894. The number of nitrogens with zero attached hydrogens (tertiary/aromatic N) is 4. The van der Waals surface area contributed by atoms with Gasteiger partial charge in [0.2, 0.25) is 5.91 Å². The number of aromatic nitrogens is 2. The predicted octanol–water partition coefficient (Wildman–Crippen LogP) is 0.605. The van der Waals surface area contributed by atoms with Gasteiger partial charge in [0.05, 0.1) is 75.7 Å². The van der Waals surface area contributed by atoms with Crippen molar-refractivity contribution in [2.45, 2.75) is 13.0 Å². The second-order valence-corrected chi connectivity index (χ2v) is 10.9. The summed E-state index contributed by atoms with van der Waals surface area (Å²) in [6.07, 6.45) is 6.36. The molecule has 1 N–H and O–H groups in total. The fourth-order valence-electron chi connectivity index (χ4n) is 5.57. The predicted molar refractivity (Wildman–Crippen MR) is 147 cm³/mol. The molecule has 0 bridgehead atoms. The van der Waals surface area contributed by atoms with Crippen LogP contribution in [0.3, 0.4) is 0 Å². The molecule has 0 saturated carbocycles. The van der Waals surface area contributed by atoms with Gasteiger partial charge < -0.3 is 43.2 Å². The van der Waals surface area contributed by atoms with Crippen molar-refractivity contribution in [2.75, 3.05) is 40.3 Å². The molecule has 2 aromatic carbocycles. The Bertz CT molecular complexity index is 1590. The topological polar surface area (TPSA) is 67.2 Å². The van der Waals surface area contributed by atoms with E-state index < -0.39 is 0 Å². The Kier molecular flexibility index (Phi) is 7.04. The highest BCUT2D eigenvalue weighted by atomic mass is 127. The van der Waals surface area contributed by atoms with E-state index in [-0.39, 0.29) is 35.8 Å². The molecule has 4 heterocycles. The quantitative estimate of drug-likeness (QED) is 0.269. The van der Waals surface area contributed by atoms with Gasteiger partial charge in [-0.1, -0.05) is 42.5 Å². The Labute approximate surface area is 239 Å². The molecule has 1 saturated heterocycles. The van der Waals surface area contributed by atoms with E-state index in [1.807, 2.05) is 60.6 Å². The van der Waals surface area contributed by atoms with Gasteiger partial charge in [0.1, 0.15) is 0 Å². The minimum Gasteiger partial charge on any atom is -1.00 e. The molecule has 2 amide bonds. The van der Waals surface area contributed by atoms with Crippen molar-refractivity contribution in [3.63, 3.8) is 0 Å². The molecule has 0 atom stereocenters. The molecule has 196 valence electrons. The molecule has 0 aliphatic carbocycles. The number of nitrogens with one attached hydrogen (secondary N) is 1. The molecule has 6 rings (SSSR count). The first-order chi connectivity index (χ1) is 17.8. The first kappa shape index (κ1) is 26.4. The third-order valence-electron chi connectivity index (χ3n) is 7.89. The lowest BCUT2D eigenvalue weighted by Crippen LogP contribution is -3.00. The SMILES string of the molecule is Cn1c2c(c3ccc4cnc(C=Cc5cccc(CC(=O)N6CC[N+](C)(C)CC6)c5)cc4c31)C(=O)NC2.[I-].